The molecule has 0 saturated heterocycles. The highest BCUT2D eigenvalue weighted by Crippen LogP contribution is 2.18. The molecule has 112 valence electrons. The first-order valence-electron chi connectivity index (χ1n) is 6.95. The van der Waals surface area contributed by atoms with Crippen molar-refractivity contribution in [3.8, 4) is 11.5 Å². The molecule has 0 atom stereocenters. The Balaban J connectivity index is 2.12. The highest BCUT2D eigenvalue weighted by atomic mass is 16.3. The van der Waals surface area contributed by atoms with Gasteiger partial charge in [0, 0.05) is 0 Å². The Hall–Kier alpha value is -2.81. The summed E-state index contributed by atoms with van der Waals surface area (Å²) in [5.41, 5.74) is 3.56. The number of phenolic OH excluding ortho intramolecular Hbond substituents is 2. The molecule has 0 spiro atoms. The second-order valence-corrected chi connectivity index (χ2v) is 5.15. The molecular weight excluding hydrogens is 276 g/mol. The van der Waals surface area contributed by atoms with Gasteiger partial charge in [-0.15, -0.1) is 0 Å². The molecule has 0 fully saturated rings. The van der Waals surface area contributed by atoms with E-state index in [4.69, 9.17) is 0 Å². The lowest BCUT2D eigenvalue weighted by Crippen LogP contribution is -1.87. The van der Waals surface area contributed by atoms with Gasteiger partial charge >= 0.3 is 0 Å². The third-order valence-electron chi connectivity index (χ3n) is 3.38. The van der Waals surface area contributed by atoms with Crippen molar-refractivity contribution in [2.75, 3.05) is 0 Å². The molecule has 2 aromatic carbocycles. The minimum Gasteiger partial charge on any atom is -0.508 e. The van der Waals surface area contributed by atoms with Gasteiger partial charge in [-0.05, 0) is 72.5 Å². The first-order valence-corrected chi connectivity index (χ1v) is 6.95. The van der Waals surface area contributed by atoms with Crippen molar-refractivity contribution < 1.29 is 15.0 Å². The second kappa shape index (κ2) is 6.76. The maximum atomic E-state index is 11.9. The fourth-order valence-electron chi connectivity index (χ4n) is 2.01. The van der Waals surface area contributed by atoms with Crippen molar-refractivity contribution in [1.82, 2.24) is 0 Å². The summed E-state index contributed by atoms with van der Waals surface area (Å²) in [4.78, 5) is 11.9. The summed E-state index contributed by atoms with van der Waals surface area (Å²) in [6.07, 6.45) is 6.26. The van der Waals surface area contributed by atoms with Gasteiger partial charge < -0.3 is 10.2 Å². The zero-order valence-electron chi connectivity index (χ0n) is 12.6. The third-order valence-corrected chi connectivity index (χ3v) is 3.38. The van der Waals surface area contributed by atoms with E-state index < -0.39 is 0 Å². The van der Waals surface area contributed by atoms with Crippen LogP contribution in [0.3, 0.4) is 0 Å². The SMILES string of the molecule is Cc1ccc(O)cc1/C=C/C(=O)/C=C/c1cc(O)ccc1C. The predicted octanol–water partition coefficient (Wildman–Crippen LogP) is 4.01. The molecule has 2 aromatic rings. The molecule has 22 heavy (non-hydrogen) atoms. The third kappa shape index (κ3) is 4.09. The molecule has 0 aliphatic heterocycles. The van der Waals surface area contributed by atoms with Crippen molar-refractivity contribution >= 4 is 17.9 Å². The van der Waals surface area contributed by atoms with Gasteiger partial charge in [0.1, 0.15) is 11.5 Å². The molecule has 0 bridgehead atoms. The van der Waals surface area contributed by atoms with Crippen LogP contribution in [0.2, 0.25) is 0 Å². The lowest BCUT2D eigenvalue weighted by Gasteiger charge is -2.01. The Labute approximate surface area is 129 Å². The van der Waals surface area contributed by atoms with Crippen LogP contribution in [0.1, 0.15) is 22.3 Å². The summed E-state index contributed by atoms with van der Waals surface area (Å²) in [6.45, 7) is 3.82. The summed E-state index contributed by atoms with van der Waals surface area (Å²) in [6, 6.07) is 10.0. The molecule has 3 nitrogen and oxygen atoms in total. The smallest absolute Gasteiger partial charge is 0.178 e. The number of benzene rings is 2. The van der Waals surface area contributed by atoms with E-state index in [0.717, 1.165) is 22.3 Å². The Kier molecular flexibility index (Phi) is 4.79. The van der Waals surface area contributed by atoms with Crippen LogP contribution in [0.25, 0.3) is 12.2 Å². The van der Waals surface area contributed by atoms with Gasteiger partial charge in [-0.1, -0.05) is 24.3 Å². The molecule has 0 unspecified atom stereocenters. The molecule has 0 aliphatic rings. The molecule has 0 aromatic heterocycles. The molecule has 2 N–H and O–H groups in total. The molecule has 3 heteroatoms. The van der Waals surface area contributed by atoms with Crippen LogP contribution < -0.4 is 0 Å². The number of hydrogen-bond donors (Lipinski definition) is 2. The van der Waals surface area contributed by atoms with Crippen LogP contribution in [-0.2, 0) is 4.79 Å². The van der Waals surface area contributed by atoms with E-state index in [-0.39, 0.29) is 17.3 Å². The number of hydrogen-bond acceptors (Lipinski definition) is 3. The quantitative estimate of drug-likeness (QED) is 0.838. The minimum atomic E-state index is -0.162. The van der Waals surface area contributed by atoms with Crippen molar-refractivity contribution in [3.05, 3.63) is 70.8 Å². The largest absolute Gasteiger partial charge is 0.508 e. The van der Waals surface area contributed by atoms with Crippen molar-refractivity contribution in [1.29, 1.82) is 0 Å². The summed E-state index contributed by atoms with van der Waals surface area (Å²) < 4.78 is 0. The number of allylic oxidation sites excluding steroid dienone is 2. The van der Waals surface area contributed by atoms with Crippen molar-refractivity contribution in [2.24, 2.45) is 0 Å². The monoisotopic (exact) mass is 294 g/mol. The van der Waals surface area contributed by atoms with Crippen molar-refractivity contribution in [2.45, 2.75) is 13.8 Å². The van der Waals surface area contributed by atoms with E-state index in [0.29, 0.717) is 0 Å². The predicted molar refractivity (Wildman–Crippen MR) is 88.8 cm³/mol. The average Bonchev–Trinajstić information content (AvgIpc) is 2.49. The molecule has 0 amide bonds. The fourth-order valence-corrected chi connectivity index (χ4v) is 2.01. The van der Waals surface area contributed by atoms with Gasteiger partial charge in [-0.25, -0.2) is 0 Å². The molecule has 0 heterocycles. The Bertz CT molecular complexity index is 692. The summed E-state index contributed by atoms with van der Waals surface area (Å²) in [7, 11) is 0. The van der Waals surface area contributed by atoms with E-state index in [2.05, 4.69) is 0 Å². The van der Waals surface area contributed by atoms with E-state index in [9.17, 15) is 15.0 Å². The number of phenols is 2. The van der Waals surface area contributed by atoms with Crippen LogP contribution in [0.5, 0.6) is 11.5 Å². The average molecular weight is 294 g/mol. The van der Waals surface area contributed by atoms with Gasteiger partial charge in [0.05, 0.1) is 0 Å². The molecule has 0 radical (unpaired) electrons. The summed E-state index contributed by atoms with van der Waals surface area (Å²) in [5, 5.41) is 18.9. The maximum absolute atomic E-state index is 11.9. The number of carbonyl (C=O) groups is 1. The van der Waals surface area contributed by atoms with Crippen LogP contribution in [0.15, 0.2) is 48.6 Å². The van der Waals surface area contributed by atoms with Crippen LogP contribution >= 0.6 is 0 Å². The zero-order valence-corrected chi connectivity index (χ0v) is 12.6. The van der Waals surface area contributed by atoms with E-state index in [1.54, 1.807) is 48.6 Å². The molecule has 0 aliphatic carbocycles. The Morgan fingerprint density at radius 2 is 1.23 bits per heavy atom. The van der Waals surface area contributed by atoms with Crippen LogP contribution in [0.4, 0.5) is 0 Å². The van der Waals surface area contributed by atoms with E-state index >= 15 is 0 Å². The highest BCUT2D eigenvalue weighted by molar-refractivity contribution is 6.04. The first-order chi connectivity index (χ1) is 10.5. The maximum Gasteiger partial charge on any atom is 0.178 e. The van der Waals surface area contributed by atoms with Gasteiger partial charge in [0.2, 0.25) is 0 Å². The van der Waals surface area contributed by atoms with Crippen LogP contribution in [0, 0.1) is 13.8 Å². The Morgan fingerprint density at radius 1 is 0.818 bits per heavy atom. The normalized spacial score (nSPS) is 11.4. The lowest BCUT2D eigenvalue weighted by molar-refractivity contribution is -0.110. The second-order valence-electron chi connectivity index (χ2n) is 5.15. The number of ketones is 1. The summed E-state index contributed by atoms with van der Waals surface area (Å²) >= 11 is 0. The topological polar surface area (TPSA) is 57.5 Å². The highest BCUT2D eigenvalue weighted by Gasteiger charge is 1.99. The number of aryl methyl sites for hydroxylation is 2. The fraction of sp³-hybridized carbons (Fsp3) is 0.105. The van der Waals surface area contributed by atoms with Gasteiger partial charge in [-0.3, -0.25) is 4.79 Å². The molecule has 2 rings (SSSR count). The number of aromatic hydroxyl groups is 2. The molecule has 0 saturated carbocycles. The number of carbonyl (C=O) groups excluding carboxylic acids is 1. The zero-order chi connectivity index (χ0) is 16.1. The molecular formula is C19H18O3. The minimum absolute atomic E-state index is 0.162. The summed E-state index contributed by atoms with van der Waals surface area (Å²) in [5.74, 6) is 0.178. The van der Waals surface area contributed by atoms with Crippen molar-refractivity contribution in [3.63, 3.8) is 0 Å². The number of rotatable bonds is 4. The van der Waals surface area contributed by atoms with E-state index in [1.165, 1.54) is 12.2 Å². The standard InChI is InChI=1S/C19H18O3/c1-13-3-7-18(21)11-15(13)5-9-17(20)10-6-16-12-19(22)8-4-14(16)2/h3-12,21-22H,1-2H3/b9-5+,10-6+. The van der Waals surface area contributed by atoms with Gasteiger partial charge in [0.15, 0.2) is 5.78 Å². The van der Waals surface area contributed by atoms with E-state index in [1.807, 2.05) is 13.8 Å². The van der Waals surface area contributed by atoms with Gasteiger partial charge in [-0.2, -0.15) is 0 Å². The van der Waals surface area contributed by atoms with Crippen LogP contribution in [-0.4, -0.2) is 16.0 Å². The van der Waals surface area contributed by atoms with Gasteiger partial charge in [0.25, 0.3) is 0 Å². The Morgan fingerprint density at radius 3 is 1.64 bits per heavy atom. The lowest BCUT2D eigenvalue weighted by atomic mass is 10.1. The first kappa shape index (κ1) is 15.6.